The maximum Gasteiger partial charge on any atom is 0.273 e. The second kappa shape index (κ2) is 11.0. The minimum Gasteiger partial charge on any atom is -0.470 e. The first kappa shape index (κ1) is 22.9. The van der Waals surface area contributed by atoms with Crippen molar-refractivity contribution in [3.63, 3.8) is 0 Å². The third kappa shape index (κ3) is 6.59. The number of aromatic nitrogens is 2. The molecule has 5 nitrogen and oxygen atoms in total. The number of carbonyl (C=O) groups excluding carboxylic acids is 1. The molecule has 0 bridgehead atoms. The highest BCUT2D eigenvalue weighted by molar-refractivity contribution is 7.13. The Balaban J connectivity index is 1.13. The van der Waals surface area contributed by atoms with E-state index in [1.165, 1.54) is 49.2 Å². The summed E-state index contributed by atoms with van der Waals surface area (Å²) in [6.07, 6.45) is 11.7. The number of carbonyl (C=O) groups is 1. The molecule has 0 saturated heterocycles. The van der Waals surface area contributed by atoms with Crippen molar-refractivity contribution in [2.24, 2.45) is 11.8 Å². The Morgan fingerprint density at radius 1 is 1.16 bits per heavy atom. The smallest absolute Gasteiger partial charge is 0.273 e. The highest BCUT2D eigenvalue weighted by atomic mass is 32.1. The highest BCUT2D eigenvalue weighted by Crippen LogP contribution is 2.34. The summed E-state index contributed by atoms with van der Waals surface area (Å²) >= 11 is 3.39. The van der Waals surface area contributed by atoms with E-state index in [1.54, 1.807) is 22.7 Å². The predicted molar refractivity (Wildman–Crippen MR) is 127 cm³/mol. The number of fused-ring (bicyclic) bond motifs is 1. The maximum atomic E-state index is 12.4. The summed E-state index contributed by atoms with van der Waals surface area (Å²) in [6, 6.07) is 0. The van der Waals surface area contributed by atoms with Gasteiger partial charge in [-0.1, -0.05) is 24.2 Å². The molecule has 0 atom stereocenters. The molecular formula is C24H35N3O2S2. The number of Topliss-reactive ketones (excluding diaryl/α,β-unsaturated/α-hetero) is 1. The molecule has 0 unspecified atom stereocenters. The minimum atomic E-state index is 0.394. The van der Waals surface area contributed by atoms with Gasteiger partial charge in [-0.05, 0) is 57.9 Å². The summed E-state index contributed by atoms with van der Waals surface area (Å²) in [4.78, 5) is 26.5. The van der Waals surface area contributed by atoms with Gasteiger partial charge in [-0.2, -0.15) is 0 Å². The Morgan fingerprint density at radius 2 is 1.94 bits per heavy atom. The van der Waals surface area contributed by atoms with Crippen LogP contribution in [0.2, 0.25) is 0 Å². The molecular weight excluding hydrogens is 426 g/mol. The van der Waals surface area contributed by atoms with Crippen LogP contribution in [0.1, 0.15) is 65.9 Å². The summed E-state index contributed by atoms with van der Waals surface area (Å²) in [5.41, 5.74) is 1.26. The molecule has 2 aromatic rings. The van der Waals surface area contributed by atoms with E-state index in [1.807, 2.05) is 20.0 Å². The molecule has 31 heavy (non-hydrogen) atoms. The SMILES string of the molecule is CCOc1nc2c(s1)CCN(CCC1CCC(CC(=O)Cc3cnc(C)s3)CC1)CC2. The van der Waals surface area contributed by atoms with E-state index < -0.39 is 0 Å². The molecule has 2 aliphatic rings. The topological polar surface area (TPSA) is 55.3 Å². The highest BCUT2D eigenvalue weighted by Gasteiger charge is 2.25. The summed E-state index contributed by atoms with van der Waals surface area (Å²) in [6.45, 7) is 8.17. The average molecular weight is 462 g/mol. The third-order valence-corrected chi connectivity index (χ3v) is 8.71. The van der Waals surface area contributed by atoms with Crippen LogP contribution in [-0.4, -0.2) is 46.9 Å². The molecule has 4 rings (SSSR count). The number of hydrogen-bond acceptors (Lipinski definition) is 7. The summed E-state index contributed by atoms with van der Waals surface area (Å²) in [5, 5.41) is 1.90. The Kier molecular flexibility index (Phi) is 8.13. The monoisotopic (exact) mass is 461 g/mol. The summed E-state index contributed by atoms with van der Waals surface area (Å²) in [7, 11) is 0. The lowest BCUT2D eigenvalue weighted by Crippen LogP contribution is -2.29. The zero-order valence-corrected chi connectivity index (χ0v) is 20.5. The van der Waals surface area contributed by atoms with E-state index in [4.69, 9.17) is 4.74 Å². The lowest BCUT2D eigenvalue weighted by atomic mass is 9.78. The number of rotatable bonds is 9. The third-order valence-electron chi connectivity index (χ3n) is 6.72. The van der Waals surface area contributed by atoms with E-state index in [9.17, 15) is 4.79 Å². The number of ketones is 1. The van der Waals surface area contributed by atoms with E-state index in [-0.39, 0.29) is 0 Å². The van der Waals surface area contributed by atoms with E-state index in [0.29, 0.717) is 24.7 Å². The van der Waals surface area contributed by atoms with Gasteiger partial charge < -0.3 is 9.64 Å². The van der Waals surface area contributed by atoms with Gasteiger partial charge in [0.15, 0.2) is 0 Å². The zero-order chi connectivity index (χ0) is 21.6. The van der Waals surface area contributed by atoms with Crippen LogP contribution in [0, 0.1) is 18.8 Å². The first-order chi connectivity index (χ1) is 15.1. The normalized spacial score (nSPS) is 22.1. The van der Waals surface area contributed by atoms with Crippen LogP contribution < -0.4 is 4.74 Å². The fourth-order valence-electron chi connectivity index (χ4n) is 4.96. The van der Waals surface area contributed by atoms with Crippen LogP contribution in [0.15, 0.2) is 6.20 Å². The van der Waals surface area contributed by atoms with E-state index >= 15 is 0 Å². The van der Waals surface area contributed by atoms with Gasteiger partial charge >= 0.3 is 0 Å². The lowest BCUT2D eigenvalue weighted by Gasteiger charge is -2.30. The lowest BCUT2D eigenvalue weighted by molar-refractivity contribution is -0.119. The van der Waals surface area contributed by atoms with Gasteiger partial charge in [-0.3, -0.25) is 4.79 Å². The van der Waals surface area contributed by atoms with Gasteiger partial charge in [0.1, 0.15) is 5.78 Å². The van der Waals surface area contributed by atoms with Crippen molar-refractivity contribution in [3.8, 4) is 5.19 Å². The Bertz CT molecular complexity index is 829. The molecule has 1 aliphatic heterocycles. The van der Waals surface area contributed by atoms with Crippen molar-refractivity contribution < 1.29 is 9.53 Å². The Labute approximate surface area is 194 Å². The van der Waals surface area contributed by atoms with Crippen LogP contribution in [0.4, 0.5) is 0 Å². The Morgan fingerprint density at radius 3 is 2.68 bits per heavy atom. The molecule has 7 heteroatoms. The first-order valence-electron chi connectivity index (χ1n) is 11.9. The minimum absolute atomic E-state index is 0.394. The Hall–Kier alpha value is -1.31. The number of thiazole rings is 2. The molecule has 2 aromatic heterocycles. The van der Waals surface area contributed by atoms with Gasteiger partial charge in [0.05, 0.1) is 17.3 Å². The summed E-state index contributed by atoms with van der Waals surface area (Å²) in [5.74, 6) is 1.82. The summed E-state index contributed by atoms with van der Waals surface area (Å²) < 4.78 is 5.59. The molecule has 1 fully saturated rings. The van der Waals surface area contributed by atoms with Gasteiger partial charge in [-0.25, -0.2) is 9.97 Å². The number of ether oxygens (including phenoxy) is 1. The molecule has 0 amide bonds. The number of aryl methyl sites for hydroxylation is 1. The predicted octanol–water partition coefficient (Wildman–Crippen LogP) is 5.11. The first-order valence-corrected chi connectivity index (χ1v) is 13.5. The fraction of sp³-hybridized carbons (Fsp3) is 0.708. The van der Waals surface area contributed by atoms with Crippen molar-refractivity contribution in [2.75, 3.05) is 26.2 Å². The number of hydrogen-bond donors (Lipinski definition) is 0. The average Bonchev–Trinajstić information content (AvgIpc) is 3.28. The fourth-order valence-corrected chi connectivity index (χ4v) is 6.79. The molecule has 170 valence electrons. The molecule has 1 saturated carbocycles. The van der Waals surface area contributed by atoms with Gasteiger partial charge in [0, 0.05) is 48.3 Å². The molecule has 0 spiro atoms. The van der Waals surface area contributed by atoms with Gasteiger partial charge in [-0.15, -0.1) is 11.3 Å². The van der Waals surface area contributed by atoms with Crippen molar-refractivity contribution in [1.82, 2.24) is 14.9 Å². The van der Waals surface area contributed by atoms with Gasteiger partial charge in [0.2, 0.25) is 0 Å². The van der Waals surface area contributed by atoms with Gasteiger partial charge in [0.25, 0.3) is 5.19 Å². The number of nitrogens with zero attached hydrogens (tertiary/aromatic N) is 3. The van der Waals surface area contributed by atoms with Crippen LogP contribution in [-0.2, 0) is 24.1 Å². The van der Waals surface area contributed by atoms with Crippen molar-refractivity contribution in [1.29, 1.82) is 0 Å². The van der Waals surface area contributed by atoms with Crippen LogP contribution in [0.3, 0.4) is 0 Å². The zero-order valence-electron chi connectivity index (χ0n) is 18.9. The van der Waals surface area contributed by atoms with E-state index in [2.05, 4.69) is 14.9 Å². The van der Waals surface area contributed by atoms with Crippen molar-refractivity contribution >= 4 is 28.5 Å². The molecule has 0 radical (unpaired) electrons. The maximum absolute atomic E-state index is 12.4. The molecule has 1 aliphatic carbocycles. The molecule has 3 heterocycles. The quantitative estimate of drug-likeness (QED) is 0.520. The van der Waals surface area contributed by atoms with Crippen molar-refractivity contribution in [3.05, 3.63) is 26.7 Å². The van der Waals surface area contributed by atoms with E-state index in [0.717, 1.165) is 53.3 Å². The second-order valence-electron chi connectivity index (χ2n) is 9.06. The van der Waals surface area contributed by atoms with Crippen molar-refractivity contribution in [2.45, 2.75) is 71.6 Å². The standard InChI is InChI=1S/C24H35N3O2S2/c1-3-29-24-26-22-9-12-27(13-10-23(22)31-24)11-8-18-4-6-19(7-5-18)14-20(28)15-21-16-25-17(2)30-21/h16,18-19H,3-15H2,1-2H3. The largest absolute Gasteiger partial charge is 0.470 e. The van der Waals surface area contributed by atoms with Crippen LogP contribution in [0.25, 0.3) is 0 Å². The molecule has 0 aromatic carbocycles. The second-order valence-corrected chi connectivity index (χ2v) is 11.4. The molecule has 0 N–H and O–H groups in total. The van der Waals surface area contributed by atoms with Crippen LogP contribution in [0.5, 0.6) is 5.19 Å². The van der Waals surface area contributed by atoms with Crippen LogP contribution >= 0.6 is 22.7 Å².